The smallest absolute Gasteiger partial charge is 0.335 e. The predicted octanol–water partition coefficient (Wildman–Crippen LogP) is 6.00. The Hall–Kier alpha value is -4.09. The van der Waals surface area contributed by atoms with Gasteiger partial charge in [0.1, 0.15) is 12.4 Å². The number of nitrogens with zero attached hydrogens (tertiary/aromatic N) is 4. The minimum atomic E-state index is -1.07. The molecule has 0 fully saturated rings. The largest absolute Gasteiger partial charge is 0.481 e. The average molecular weight is 600 g/mol. The van der Waals surface area contributed by atoms with Gasteiger partial charge in [0, 0.05) is 22.0 Å². The molecule has 38 heavy (non-hydrogen) atoms. The number of aromatic nitrogens is 2. The van der Waals surface area contributed by atoms with Crippen molar-refractivity contribution in [1.29, 1.82) is 0 Å². The third-order valence-electron chi connectivity index (χ3n) is 5.50. The molecule has 0 amide bonds. The number of hydrogen-bond acceptors (Lipinski definition) is 7. The number of rotatable bonds is 8. The standard InChI is InChI=1S/C26H20BrClN4O6/c1-14(2)24-30-21-8-7-18(27)11-19(21)25(33)31(24)29-12-16-9-20(28)23(22(10-16)32(36)37)38-13-15-3-5-17(6-4-15)26(34)35/h3-12,14H,13H2,1-2H3,(H,34,35). The second-order valence-corrected chi connectivity index (χ2v) is 9.87. The number of halogens is 2. The first-order valence-electron chi connectivity index (χ1n) is 11.2. The minimum absolute atomic E-state index is 0.0280. The molecular weight excluding hydrogens is 580 g/mol. The summed E-state index contributed by atoms with van der Waals surface area (Å²) in [5.74, 6) is -0.918. The van der Waals surface area contributed by atoms with Crippen molar-refractivity contribution in [3.8, 4) is 5.75 Å². The second-order valence-electron chi connectivity index (χ2n) is 8.55. The first kappa shape index (κ1) is 27.0. The molecule has 0 radical (unpaired) electrons. The van der Waals surface area contributed by atoms with Crippen LogP contribution in [-0.2, 0) is 6.61 Å². The molecule has 1 heterocycles. The van der Waals surface area contributed by atoms with Crippen LogP contribution in [0.5, 0.6) is 5.75 Å². The number of carboxylic acid groups (broad SMARTS) is 1. The number of nitro groups is 1. The summed E-state index contributed by atoms with van der Waals surface area (Å²) in [6, 6.07) is 13.8. The summed E-state index contributed by atoms with van der Waals surface area (Å²) < 4.78 is 7.51. The van der Waals surface area contributed by atoms with Crippen LogP contribution in [0, 0.1) is 10.1 Å². The number of carboxylic acids is 1. The van der Waals surface area contributed by atoms with Crippen molar-refractivity contribution in [3.05, 3.63) is 107 Å². The van der Waals surface area contributed by atoms with Crippen molar-refractivity contribution in [1.82, 2.24) is 9.66 Å². The Morgan fingerprint density at radius 1 is 1.24 bits per heavy atom. The molecule has 194 valence electrons. The molecule has 12 heteroatoms. The van der Waals surface area contributed by atoms with Crippen LogP contribution in [0.15, 0.2) is 69.0 Å². The van der Waals surface area contributed by atoms with E-state index in [4.69, 9.17) is 21.4 Å². The molecular formula is C26H20BrClN4O6. The maximum Gasteiger partial charge on any atom is 0.335 e. The van der Waals surface area contributed by atoms with Crippen molar-refractivity contribution < 1.29 is 19.6 Å². The maximum atomic E-state index is 13.2. The van der Waals surface area contributed by atoms with Crippen LogP contribution in [0.25, 0.3) is 10.9 Å². The number of hydrogen-bond donors (Lipinski definition) is 1. The molecule has 0 saturated heterocycles. The normalized spacial score (nSPS) is 11.4. The van der Waals surface area contributed by atoms with Crippen molar-refractivity contribution in [3.63, 3.8) is 0 Å². The maximum absolute atomic E-state index is 13.2. The summed E-state index contributed by atoms with van der Waals surface area (Å²) in [7, 11) is 0. The highest BCUT2D eigenvalue weighted by atomic mass is 79.9. The number of ether oxygens (including phenoxy) is 1. The number of benzene rings is 3. The zero-order valence-corrected chi connectivity index (χ0v) is 22.4. The van der Waals surface area contributed by atoms with Gasteiger partial charge in [-0.2, -0.15) is 9.78 Å². The number of aromatic carboxylic acids is 1. The summed E-state index contributed by atoms with van der Waals surface area (Å²) in [5, 5.41) is 25.4. The highest BCUT2D eigenvalue weighted by molar-refractivity contribution is 9.10. The SMILES string of the molecule is CC(C)c1nc2ccc(Br)cc2c(=O)n1N=Cc1cc(Cl)c(OCc2ccc(C(=O)O)cc2)c([N+](=O)[O-])c1. The van der Waals surface area contributed by atoms with E-state index in [2.05, 4.69) is 26.0 Å². The summed E-state index contributed by atoms with van der Waals surface area (Å²) in [6.07, 6.45) is 1.30. The van der Waals surface area contributed by atoms with Crippen LogP contribution in [0.4, 0.5) is 5.69 Å². The van der Waals surface area contributed by atoms with E-state index >= 15 is 0 Å². The van der Waals surface area contributed by atoms with Gasteiger partial charge in [0.15, 0.2) is 0 Å². The van der Waals surface area contributed by atoms with E-state index in [1.807, 2.05) is 13.8 Å². The van der Waals surface area contributed by atoms with Crippen LogP contribution >= 0.6 is 27.5 Å². The van der Waals surface area contributed by atoms with Gasteiger partial charge in [0.05, 0.1) is 32.6 Å². The lowest BCUT2D eigenvalue weighted by Crippen LogP contribution is -2.23. The fourth-order valence-corrected chi connectivity index (χ4v) is 4.27. The zero-order valence-electron chi connectivity index (χ0n) is 20.1. The Kier molecular flexibility index (Phi) is 7.88. The highest BCUT2D eigenvalue weighted by Gasteiger charge is 2.21. The Labute approximate surface area is 229 Å². The van der Waals surface area contributed by atoms with Gasteiger partial charge in [-0.05, 0) is 42.0 Å². The lowest BCUT2D eigenvalue weighted by Gasteiger charge is -2.12. The fraction of sp³-hybridized carbons (Fsp3) is 0.154. The van der Waals surface area contributed by atoms with E-state index in [0.29, 0.717) is 26.8 Å². The summed E-state index contributed by atoms with van der Waals surface area (Å²) in [4.78, 5) is 40.0. The van der Waals surface area contributed by atoms with Crippen LogP contribution < -0.4 is 10.3 Å². The number of nitro benzene ring substituents is 1. The predicted molar refractivity (Wildman–Crippen MR) is 147 cm³/mol. The number of carbonyl (C=O) groups is 1. The van der Waals surface area contributed by atoms with E-state index in [0.717, 1.165) is 0 Å². The Morgan fingerprint density at radius 3 is 2.58 bits per heavy atom. The Morgan fingerprint density at radius 2 is 1.95 bits per heavy atom. The molecule has 1 aromatic heterocycles. The average Bonchev–Trinajstić information content (AvgIpc) is 2.87. The number of fused-ring (bicyclic) bond motifs is 1. The molecule has 0 aliphatic carbocycles. The van der Waals surface area contributed by atoms with E-state index in [-0.39, 0.29) is 40.0 Å². The highest BCUT2D eigenvalue weighted by Crippen LogP contribution is 2.36. The quantitative estimate of drug-likeness (QED) is 0.149. The molecule has 4 aromatic rings. The van der Waals surface area contributed by atoms with Gasteiger partial charge in [-0.15, -0.1) is 0 Å². The molecule has 0 aliphatic rings. The van der Waals surface area contributed by atoms with E-state index in [1.165, 1.54) is 35.2 Å². The molecule has 0 atom stereocenters. The molecule has 3 aromatic carbocycles. The van der Waals surface area contributed by atoms with Crippen molar-refractivity contribution in [2.24, 2.45) is 5.10 Å². The molecule has 1 N–H and O–H groups in total. The van der Waals surface area contributed by atoms with Crippen molar-refractivity contribution in [2.45, 2.75) is 26.4 Å². The second kappa shape index (κ2) is 11.1. The molecule has 0 unspecified atom stereocenters. The molecule has 0 bridgehead atoms. The molecule has 10 nitrogen and oxygen atoms in total. The monoisotopic (exact) mass is 598 g/mol. The van der Waals surface area contributed by atoms with Crippen molar-refractivity contribution >= 4 is 56.3 Å². The zero-order chi connectivity index (χ0) is 27.6. The molecule has 4 rings (SSSR count). The third kappa shape index (κ3) is 5.74. The van der Waals surface area contributed by atoms with Crippen LogP contribution in [0.3, 0.4) is 0 Å². The van der Waals surface area contributed by atoms with E-state index in [9.17, 15) is 19.7 Å². The Bertz CT molecular complexity index is 1650. The Balaban J connectivity index is 1.68. The summed E-state index contributed by atoms with van der Waals surface area (Å²) in [6.45, 7) is 3.68. The van der Waals surface area contributed by atoms with Gasteiger partial charge >= 0.3 is 11.7 Å². The fourth-order valence-electron chi connectivity index (χ4n) is 3.63. The van der Waals surface area contributed by atoms with Gasteiger partial charge in [-0.25, -0.2) is 9.78 Å². The first-order chi connectivity index (χ1) is 18.0. The van der Waals surface area contributed by atoms with Gasteiger partial charge < -0.3 is 9.84 Å². The third-order valence-corrected chi connectivity index (χ3v) is 6.27. The van der Waals surface area contributed by atoms with Crippen LogP contribution in [-0.4, -0.2) is 31.9 Å². The molecule has 0 aliphatic heterocycles. The molecule has 0 spiro atoms. The summed E-state index contributed by atoms with van der Waals surface area (Å²) >= 11 is 9.71. The van der Waals surface area contributed by atoms with Gasteiger partial charge in [-0.3, -0.25) is 14.9 Å². The van der Waals surface area contributed by atoms with Crippen LogP contribution in [0.1, 0.15) is 47.1 Å². The van der Waals surface area contributed by atoms with Gasteiger partial charge in [0.25, 0.3) is 5.56 Å². The summed E-state index contributed by atoms with van der Waals surface area (Å²) in [5.41, 5.74) is 0.739. The minimum Gasteiger partial charge on any atom is -0.481 e. The van der Waals surface area contributed by atoms with Crippen molar-refractivity contribution in [2.75, 3.05) is 0 Å². The topological polar surface area (TPSA) is 137 Å². The molecule has 0 saturated carbocycles. The van der Waals surface area contributed by atoms with E-state index in [1.54, 1.807) is 30.3 Å². The lowest BCUT2D eigenvalue weighted by atomic mass is 10.1. The van der Waals surface area contributed by atoms with Gasteiger partial charge in [0.2, 0.25) is 5.75 Å². The van der Waals surface area contributed by atoms with E-state index < -0.39 is 16.6 Å². The van der Waals surface area contributed by atoms with Crippen LogP contribution in [0.2, 0.25) is 5.02 Å². The van der Waals surface area contributed by atoms with Gasteiger partial charge in [-0.1, -0.05) is 53.5 Å². The first-order valence-corrected chi connectivity index (χ1v) is 12.4. The lowest BCUT2D eigenvalue weighted by molar-refractivity contribution is -0.385.